The Morgan fingerprint density at radius 1 is 1.30 bits per heavy atom. The van der Waals surface area contributed by atoms with Gasteiger partial charge in [-0.1, -0.05) is 0 Å². The largest absolute Gasteiger partial charge is 0.480 e. The number of aromatic nitrogens is 1. The number of amides is 3. The number of pyridine rings is 1. The number of carboxylic acids is 1. The van der Waals surface area contributed by atoms with E-state index in [0.29, 0.717) is 4.90 Å². The Bertz CT molecular complexity index is 578. The molecule has 1 aromatic heterocycles. The van der Waals surface area contributed by atoms with E-state index < -0.39 is 29.7 Å². The van der Waals surface area contributed by atoms with E-state index in [1.807, 2.05) is 0 Å². The average molecular weight is 277 g/mol. The van der Waals surface area contributed by atoms with Crippen LogP contribution in [0, 0.1) is 0 Å². The number of primary amides is 1. The lowest BCUT2D eigenvalue weighted by molar-refractivity contribution is -0.141. The second-order valence-electron chi connectivity index (χ2n) is 4.26. The molecule has 0 saturated carbocycles. The molecule has 8 heteroatoms. The van der Waals surface area contributed by atoms with Crippen molar-refractivity contribution in [2.24, 2.45) is 5.73 Å². The van der Waals surface area contributed by atoms with Crippen LogP contribution in [0.25, 0.3) is 0 Å². The highest BCUT2D eigenvalue weighted by molar-refractivity contribution is 6.22. The standard InChI is InChI=1S/C12H11N3O5/c13-9(16)2-1-8(12(19)20)15-10(17)6-3-4-14-5-7(6)11(15)18/h3-5,8H,1-2H2,(H2,13,16)(H,19,20). The molecule has 104 valence electrons. The van der Waals surface area contributed by atoms with Crippen LogP contribution < -0.4 is 5.73 Å². The first kappa shape index (κ1) is 13.7. The predicted molar refractivity (Wildman–Crippen MR) is 64.6 cm³/mol. The van der Waals surface area contributed by atoms with Gasteiger partial charge >= 0.3 is 5.97 Å². The van der Waals surface area contributed by atoms with E-state index in [4.69, 9.17) is 10.8 Å². The van der Waals surface area contributed by atoms with Gasteiger partial charge in [-0.15, -0.1) is 0 Å². The zero-order valence-electron chi connectivity index (χ0n) is 10.3. The third kappa shape index (κ3) is 2.22. The molecular weight excluding hydrogens is 266 g/mol. The van der Waals surface area contributed by atoms with Crippen LogP contribution in [0.4, 0.5) is 0 Å². The maximum Gasteiger partial charge on any atom is 0.326 e. The Balaban J connectivity index is 2.32. The third-order valence-electron chi connectivity index (χ3n) is 2.98. The summed E-state index contributed by atoms with van der Waals surface area (Å²) in [6, 6.07) is -0.0716. The monoisotopic (exact) mass is 277 g/mol. The Labute approximate surface area is 113 Å². The highest BCUT2D eigenvalue weighted by atomic mass is 16.4. The van der Waals surface area contributed by atoms with Crippen molar-refractivity contribution in [1.29, 1.82) is 0 Å². The molecule has 0 aromatic carbocycles. The number of fused-ring (bicyclic) bond motifs is 1. The maximum absolute atomic E-state index is 12.1. The summed E-state index contributed by atoms with van der Waals surface area (Å²) < 4.78 is 0. The van der Waals surface area contributed by atoms with E-state index in [9.17, 15) is 19.2 Å². The number of carbonyl (C=O) groups excluding carboxylic acids is 3. The van der Waals surface area contributed by atoms with Gasteiger partial charge in [0.2, 0.25) is 5.91 Å². The number of hydrogen-bond acceptors (Lipinski definition) is 5. The summed E-state index contributed by atoms with van der Waals surface area (Å²) >= 11 is 0. The Kier molecular flexibility index (Phi) is 3.47. The molecule has 20 heavy (non-hydrogen) atoms. The summed E-state index contributed by atoms with van der Waals surface area (Å²) in [6.07, 6.45) is 2.10. The first-order valence-corrected chi connectivity index (χ1v) is 5.76. The molecule has 0 bridgehead atoms. The summed E-state index contributed by atoms with van der Waals surface area (Å²) in [5, 5.41) is 9.15. The van der Waals surface area contributed by atoms with Gasteiger partial charge in [-0.2, -0.15) is 0 Å². The number of hydrogen-bond donors (Lipinski definition) is 2. The molecule has 0 fully saturated rings. The van der Waals surface area contributed by atoms with Crippen molar-refractivity contribution in [2.45, 2.75) is 18.9 Å². The second kappa shape index (κ2) is 5.08. The van der Waals surface area contributed by atoms with Gasteiger partial charge < -0.3 is 10.8 Å². The van der Waals surface area contributed by atoms with Crippen molar-refractivity contribution in [1.82, 2.24) is 9.88 Å². The first-order chi connectivity index (χ1) is 9.43. The molecule has 1 aliphatic heterocycles. The zero-order valence-corrected chi connectivity index (χ0v) is 10.3. The van der Waals surface area contributed by atoms with Crippen molar-refractivity contribution in [2.75, 3.05) is 0 Å². The van der Waals surface area contributed by atoms with Gasteiger partial charge in [-0.25, -0.2) is 4.79 Å². The van der Waals surface area contributed by atoms with Crippen LogP contribution in [0.5, 0.6) is 0 Å². The number of nitrogens with two attached hydrogens (primary N) is 1. The predicted octanol–water partition coefficient (Wildman–Crippen LogP) is -0.604. The third-order valence-corrected chi connectivity index (χ3v) is 2.98. The van der Waals surface area contributed by atoms with E-state index in [-0.39, 0.29) is 24.0 Å². The number of carbonyl (C=O) groups is 4. The van der Waals surface area contributed by atoms with Crippen LogP contribution in [-0.4, -0.2) is 44.7 Å². The number of carboxylic acid groups (broad SMARTS) is 1. The molecule has 3 amide bonds. The number of aliphatic carboxylic acids is 1. The highest BCUT2D eigenvalue weighted by Crippen LogP contribution is 2.25. The van der Waals surface area contributed by atoms with E-state index in [0.717, 1.165) is 0 Å². The van der Waals surface area contributed by atoms with Gasteiger partial charge in [0.15, 0.2) is 0 Å². The summed E-state index contributed by atoms with van der Waals surface area (Å²) in [4.78, 5) is 50.5. The molecule has 1 aliphatic rings. The van der Waals surface area contributed by atoms with Crippen LogP contribution in [0.1, 0.15) is 33.6 Å². The van der Waals surface area contributed by atoms with Gasteiger partial charge in [-0.3, -0.25) is 24.3 Å². The molecule has 0 spiro atoms. The highest BCUT2D eigenvalue weighted by Gasteiger charge is 2.42. The SMILES string of the molecule is NC(=O)CCC(C(=O)O)N1C(=O)c2ccncc2C1=O. The Hall–Kier alpha value is -2.77. The Morgan fingerprint density at radius 3 is 2.50 bits per heavy atom. The number of imide groups is 1. The minimum absolute atomic E-state index is 0.0582. The minimum Gasteiger partial charge on any atom is -0.480 e. The minimum atomic E-state index is -1.42. The fraction of sp³-hybridized carbons (Fsp3) is 0.250. The van der Waals surface area contributed by atoms with Crippen molar-refractivity contribution in [3.63, 3.8) is 0 Å². The van der Waals surface area contributed by atoms with Crippen LogP contribution in [-0.2, 0) is 9.59 Å². The quantitative estimate of drug-likeness (QED) is 0.691. The van der Waals surface area contributed by atoms with Crippen molar-refractivity contribution in [3.05, 3.63) is 29.6 Å². The van der Waals surface area contributed by atoms with Crippen molar-refractivity contribution >= 4 is 23.7 Å². The normalized spacial score (nSPS) is 15.1. The van der Waals surface area contributed by atoms with Crippen molar-refractivity contribution < 1.29 is 24.3 Å². The molecule has 8 nitrogen and oxygen atoms in total. The van der Waals surface area contributed by atoms with E-state index in [1.165, 1.54) is 18.5 Å². The fourth-order valence-corrected chi connectivity index (χ4v) is 2.03. The molecule has 2 rings (SSSR count). The lowest BCUT2D eigenvalue weighted by Crippen LogP contribution is -2.45. The van der Waals surface area contributed by atoms with Crippen LogP contribution in [0.3, 0.4) is 0 Å². The van der Waals surface area contributed by atoms with E-state index in [1.54, 1.807) is 0 Å². The smallest absolute Gasteiger partial charge is 0.326 e. The maximum atomic E-state index is 12.1. The fourth-order valence-electron chi connectivity index (χ4n) is 2.03. The van der Waals surface area contributed by atoms with Crippen LogP contribution in [0.2, 0.25) is 0 Å². The second-order valence-corrected chi connectivity index (χ2v) is 4.26. The lowest BCUT2D eigenvalue weighted by atomic mass is 10.1. The first-order valence-electron chi connectivity index (χ1n) is 5.76. The van der Waals surface area contributed by atoms with E-state index >= 15 is 0 Å². The number of rotatable bonds is 5. The zero-order chi connectivity index (χ0) is 14.9. The van der Waals surface area contributed by atoms with Gasteiger partial charge in [0.25, 0.3) is 11.8 Å². The molecule has 3 N–H and O–H groups in total. The molecule has 0 aliphatic carbocycles. The molecule has 1 atom stereocenters. The summed E-state index contributed by atoms with van der Waals surface area (Å²) in [6.45, 7) is 0. The van der Waals surface area contributed by atoms with Gasteiger partial charge in [0.1, 0.15) is 6.04 Å². The number of nitrogens with zero attached hydrogens (tertiary/aromatic N) is 2. The van der Waals surface area contributed by atoms with Crippen LogP contribution >= 0.6 is 0 Å². The summed E-state index contributed by atoms with van der Waals surface area (Å²) in [5.74, 6) is -3.50. The van der Waals surface area contributed by atoms with Crippen molar-refractivity contribution in [3.8, 4) is 0 Å². The molecule has 1 aromatic rings. The lowest BCUT2D eigenvalue weighted by Gasteiger charge is -2.21. The van der Waals surface area contributed by atoms with E-state index in [2.05, 4.69) is 4.98 Å². The topological polar surface area (TPSA) is 131 Å². The summed E-state index contributed by atoms with van der Waals surface area (Å²) in [5.41, 5.74) is 5.13. The average Bonchev–Trinajstić information content (AvgIpc) is 2.64. The molecule has 0 saturated heterocycles. The van der Waals surface area contributed by atoms with Gasteiger partial charge in [0, 0.05) is 18.8 Å². The van der Waals surface area contributed by atoms with Crippen LogP contribution in [0.15, 0.2) is 18.5 Å². The molecule has 0 radical (unpaired) electrons. The summed E-state index contributed by atoms with van der Waals surface area (Å²) in [7, 11) is 0. The molecule has 2 heterocycles. The van der Waals surface area contributed by atoms with Gasteiger partial charge in [-0.05, 0) is 12.5 Å². The Morgan fingerprint density at radius 2 is 1.95 bits per heavy atom. The molecule has 1 unspecified atom stereocenters. The van der Waals surface area contributed by atoms with Gasteiger partial charge in [0.05, 0.1) is 11.1 Å². The molecular formula is C12H11N3O5.